The van der Waals surface area contributed by atoms with Gasteiger partial charge >= 0.3 is 5.91 Å². The van der Waals surface area contributed by atoms with Crippen molar-refractivity contribution in [2.45, 2.75) is 51.7 Å². The number of nitriles is 1. The molecule has 1 aliphatic heterocycles. The van der Waals surface area contributed by atoms with Crippen molar-refractivity contribution >= 4 is 23.5 Å². The molecule has 1 saturated heterocycles. The third-order valence-corrected chi connectivity index (χ3v) is 5.81. The van der Waals surface area contributed by atoms with Crippen molar-refractivity contribution in [3.63, 3.8) is 0 Å². The van der Waals surface area contributed by atoms with Crippen molar-refractivity contribution in [2.24, 2.45) is 17.7 Å². The molecule has 0 bridgehead atoms. The number of nitrogens with two attached hydrogens (primary N) is 1. The van der Waals surface area contributed by atoms with Crippen molar-refractivity contribution < 1.29 is 9.59 Å². The molecule has 0 aromatic heterocycles. The first kappa shape index (κ1) is 17.3. The van der Waals surface area contributed by atoms with Gasteiger partial charge < -0.3 is 0 Å². The van der Waals surface area contributed by atoms with E-state index in [1.807, 2.05) is 4.90 Å². The SMILES string of the molecule is CC1CCC(C(=O)C(=O)N(N)C(C)N2CSCC2C#N)CC1. The summed E-state index contributed by atoms with van der Waals surface area (Å²) >= 11 is 1.63. The van der Waals surface area contributed by atoms with E-state index in [-0.39, 0.29) is 17.7 Å². The molecule has 122 valence electrons. The minimum atomic E-state index is -0.624. The van der Waals surface area contributed by atoms with Crippen molar-refractivity contribution in [2.75, 3.05) is 11.6 Å². The second kappa shape index (κ2) is 7.44. The highest BCUT2D eigenvalue weighted by molar-refractivity contribution is 7.99. The Balaban J connectivity index is 1.96. The maximum atomic E-state index is 12.4. The van der Waals surface area contributed by atoms with Crippen molar-refractivity contribution in [1.29, 1.82) is 5.26 Å². The number of rotatable bonds is 4. The first-order valence-electron chi connectivity index (χ1n) is 7.81. The topological polar surface area (TPSA) is 90.4 Å². The third-order valence-electron chi connectivity index (χ3n) is 4.78. The van der Waals surface area contributed by atoms with Crippen LogP contribution in [0, 0.1) is 23.2 Å². The highest BCUT2D eigenvalue weighted by Gasteiger charge is 2.37. The van der Waals surface area contributed by atoms with Crippen LogP contribution in [0.4, 0.5) is 0 Å². The van der Waals surface area contributed by atoms with Gasteiger partial charge in [0.1, 0.15) is 6.04 Å². The van der Waals surface area contributed by atoms with E-state index in [4.69, 9.17) is 11.1 Å². The zero-order chi connectivity index (χ0) is 16.3. The summed E-state index contributed by atoms with van der Waals surface area (Å²) in [6, 6.07) is 1.95. The van der Waals surface area contributed by atoms with Gasteiger partial charge in [-0.2, -0.15) is 5.26 Å². The number of hydrazine groups is 1. The minimum Gasteiger partial charge on any atom is -0.288 e. The van der Waals surface area contributed by atoms with Crippen LogP contribution < -0.4 is 5.84 Å². The van der Waals surface area contributed by atoms with Gasteiger partial charge in [-0.3, -0.25) is 19.5 Å². The van der Waals surface area contributed by atoms with Gasteiger partial charge in [0.05, 0.1) is 12.2 Å². The fourth-order valence-electron chi connectivity index (χ4n) is 3.09. The van der Waals surface area contributed by atoms with Crippen LogP contribution in [0.1, 0.15) is 39.5 Å². The molecule has 7 heteroatoms. The molecule has 2 N–H and O–H groups in total. The Hall–Kier alpha value is -1.10. The summed E-state index contributed by atoms with van der Waals surface area (Å²) in [5.41, 5.74) is 0. The maximum Gasteiger partial charge on any atom is 0.305 e. The lowest BCUT2D eigenvalue weighted by atomic mass is 9.80. The smallest absolute Gasteiger partial charge is 0.288 e. The normalized spacial score (nSPS) is 30.5. The quantitative estimate of drug-likeness (QED) is 0.363. The lowest BCUT2D eigenvalue weighted by Crippen LogP contribution is -2.56. The van der Waals surface area contributed by atoms with E-state index in [2.05, 4.69) is 13.0 Å². The number of hydrogen-bond acceptors (Lipinski definition) is 6. The molecule has 1 amide bonds. The lowest BCUT2D eigenvalue weighted by Gasteiger charge is -2.33. The van der Waals surface area contributed by atoms with E-state index in [1.165, 1.54) is 0 Å². The fraction of sp³-hybridized carbons (Fsp3) is 0.800. The van der Waals surface area contributed by atoms with Gasteiger partial charge in [-0.15, -0.1) is 11.8 Å². The van der Waals surface area contributed by atoms with Crippen LogP contribution in [0.5, 0.6) is 0 Å². The third kappa shape index (κ3) is 3.62. The second-order valence-corrected chi connectivity index (χ2v) is 7.32. The Morgan fingerprint density at radius 2 is 2.00 bits per heavy atom. The van der Waals surface area contributed by atoms with E-state index >= 15 is 0 Å². The van der Waals surface area contributed by atoms with Crippen molar-refractivity contribution in [3.8, 4) is 6.07 Å². The largest absolute Gasteiger partial charge is 0.305 e. The highest BCUT2D eigenvalue weighted by Crippen LogP contribution is 2.29. The molecule has 2 unspecified atom stereocenters. The number of carbonyl (C=O) groups excluding carboxylic acids is 2. The number of carbonyl (C=O) groups is 2. The predicted molar refractivity (Wildman–Crippen MR) is 85.2 cm³/mol. The first-order valence-corrected chi connectivity index (χ1v) is 8.96. The molecule has 6 nitrogen and oxygen atoms in total. The molecular weight excluding hydrogens is 300 g/mol. The molecule has 2 atom stereocenters. The molecular formula is C15H24N4O2S. The Labute approximate surface area is 136 Å². The molecule has 2 aliphatic rings. The van der Waals surface area contributed by atoms with Crippen LogP contribution in [0.3, 0.4) is 0 Å². The minimum absolute atomic E-state index is 0.193. The summed E-state index contributed by atoms with van der Waals surface area (Å²) in [5.74, 6) is 6.69. The van der Waals surface area contributed by atoms with Crippen molar-refractivity contribution in [3.05, 3.63) is 0 Å². The van der Waals surface area contributed by atoms with Crippen LogP contribution in [-0.4, -0.2) is 45.4 Å². The summed E-state index contributed by atoms with van der Waals surface area (Å²) in [5, 5.41) is 10.1. The Kier molecular flexibility index (Phi) is 5.84. The average Bonchev–Trinajstić information content (AvgIpc) is 3.01. The number of hydrogen-bond donors (Lipinski definition) is 1. The van der Waals surface area contributed by atoms with Crippen LogP contribution in [0.2, 0.25) is 0 Å². The Morgan fingerprint density at radius 3 is 2.59 bits per heavy atom. The van der Waals surface area contributed by atoms with E-state index in [0.717, 1.165) is 30.7 Å². The molecule has 0 radical (unpaired) electrons. The van der Waals surface area contributed by atoms with Gasteiger partial charge in [-0.1, -0.05) is 19.8 Å². The van der Waals surface area contributed by atoms with Crippen LogP contribution >= 0.6 is 11.8 Å². The molecule has 1 aliphatic carbocycles. The summed E-state index contributed by atoms with van der Waals surface area (Å²) < 4.78 is 0. The molecule has 22 heavy (non-hydrogen) atoms. The number of nitrogens with zero attached hydrogens (tertiary/aromatic N) is 3. The summed E-state index contributed by atoms with van der Waals surface area (Å²) in [6.45, 7) is 3.94. The van der Waals surface area contributed by atoms with Crippen LogP contribution in [0.15, 0.2) is 0 Å². The predicted octanol–water partition coefficient (Wildman–Crippen LogP) is 1.33. The van der Waals surface area contributed by atoms with Gasteiger partial charge in [0.15, 0.2) is 0 Å². The standard InChI is InChI=1S/C15H24N4O2S/c1-10-3-5-12(6-4-10)14(20)15(21)19(17)11(2)18-9-22-8-13(18)7-16/h10-13H,3-6,8-9,17H2,1-2H3. The molecule has 0 aromatic carbocycles. The summed E-state index contributed by atoms with van der Waals surface area (Å²) in [7, 11) is 0. The second-order valence-electron chi connectivity index (χ2n) is 6.32. The average molecular weight is 324 g/mol. The van der Waals surface area contributed by atoms with E-state index < -0.39 is 12.1 Å². The highest BCUT2D eigenvalue weighted by atomic mass is 32.2. The number of Topliss-reactive ketones (excluding diaryl/α,β-unsaturated/α-hetero) is 1. The zero-order valence-corrected chi connectivity index (χ0v) is 14.0. The van der Waals surface area contributed by atoms with Gasteiger partial charge in [-0.05, 0) is 25.7 Å². The van der Waals surface area contributed by atoms with E-state index in [9.17, 15) is 9.59 Å². The van der Waals surface area contributed by atoms with Crippen LogP contribution in [-0.2, 0) is 9.59 Å². The molecule has 0 aromatic rings. The molecule has 2 rings (SSSR count). The molecule has 1 saturated carbocycles. The van der Waals surface area contributed by atoms with Gasteiger partial charge in [0.25, 0.3) is 0 Å². The number of thioether (sulfide) groups is 1. The summed E-state index contributed by atoms with van der Waals surface area (Å²) in [6.07, 6.45) is 3.08. The first-order chi connectivity index (χ1) is 10.5. The van der Waals surface area contributed by atoms with Gasteiger partial charge in [0.2, 0.25) is 5.78 Å². The summed E-state index contributed by atoms with van der Waals surface area (Å²) in [4.78, 5) is 26.6. The molecule has 2 fully saturated rings. The monoisotopic (exact) mass is 324 g/mol. The van der Waals surface area contributed by atoms with Gasteiger partial charge in [0, 0.05) is 17.5 Å². The van der Waals surface area contributed by atoms with E-state index in [0.29, 0.717) is 17.5 Å². The zero-order valence-electron chi connectivity index (χ0n) is 13.2. The van der Waals surface area contributed by atoms with Crippen molar-refractivity contribution in [1.82, 2.24) is 9.91 Å². The van der Waals surface area contributed by atoms with Crippen LogP contribution in [0.25, 0.3) is 0 Å². The number of amides is 1. The van der Waals surface area contributed by atoms with E-state index in [1.54, 1.807) is 18.7 Å². The molecule has 0 spiro atoms. The van der Waals surface area contributed by atoms with Gasteiger partial charge in [-0.25, -0.2) is 5.84 Å². The fourth-order valence-corrected chi connectivity index (χ4v) is 4.29. The Morgan fingerprint density at radius 1 is 1.36 bits per heavy atom. The Bertz CT molecular complexity index is 471. The number of ketones is 1. The molecule has 1 heterocycles. The lowest BCUT2D eigenvalue weighted by molar-refractivity contribution is -0.151. The maximum absolute atomic E-state index is 12.4.